The SMILES string of the molecule is COC(=O)C(Cc1ccc(OCCc2ccc3c(n2)N(C(=O)OC(C)(C)C)CCN3C)cc1)NC(=O)c1c(Cl)cccc1Cl. The third kappa shape index (κ3) is 8.33. The first kappa shape index (κ1) is 32.9. The minimum absolute atomic E-state index is 0.0893. The molecule has 2 aromatic carbocycles. The molecule has 3 aromatic rings. The molecule has 44 heavy (non-hydrogen) atoms. The Bertz CT molecular complexity index is 1490. The van der Waals surface area contributed by atoms with Crippen molar-refractivity contribution in [3.8, 4) is 5.75 Å². The number of methoxy groups -OCH3 is 1. The van der Waals surface area contributed by atoms with Gasteiger partial charge in [-0.25, -0.2) is 14.6 Å². The lowest BCUT2D eigenvalue weighted by Crippen LogP contribution is -2.45. The molecule has 0 saturated heterocycles. The number of aromatic nitrogens is 1. The molecule has 0 spiro atoms. The average Bonchev–Trinajstić information content (AvgIpc) is 2.96. The van der Waals surface area contributed by atoms with Crippen molar-refractivity contribution in [1.82, 2.24) is 10.3 Å². The molecule has 2 amide bonds. The summed E-state index contributed by atoms with van der Waals surface area (Å²) in [7, 11) is 3.22. The van der Waals surface area contributed by atoms with Crippen LogP contribution in [0.5, 0.6) is 5.75 Å². The third-order valence-corrected chi connectivity index (χ3v) is 7.45. The molecule has 234 valence electrons. The first-order chi connectivity index (χ1) is 20.9. The molecule has 4 rings (SSSR count). The number of pyridine rings is 1. The molecule has 0 fully saturated rings. The van der Waals surface area contributed by atoms with Gasteiger partial charge >= 0.3 is 12.1 Å². The monoisotopic (exact) mass is 642 g/mol. The Morgan fingerprint density at radius 3 is 2.32 bits per heavy atom. The minimum Gasteiger partial charge on any atom is -0.493 e. The number of esters is 1. The van der Waals surface area contributed by atoms with Crippen LogP contribution in [0, 0.1) is 0 Å². The molecular weight excluding hydrogens is 607 g/mol. The van der Waals surface area contributed by atoms with Crippen molar-refractivity contribution in [3.63, 3.8) is 0 Å². The van der Waals surface area contributed by atoms with E-state index in [0.717, 1.165) is 16.9 Å². The van der Waals surface area contributed by atoms with Gasteiger partial charge in [0.05, 0.1) is 35.0 Å². The van der Waals surface area contributed by atoms with Gasteiger partial charge in [-0.1, -0.05) is 41.4 Å². The first-order valence-corrected chi connectivity index (χ1v) is 14.9. The highest BCUT2D eigenvalue weighted by molar-refractivity contribution is 6.39. The minimum atomic E-state index is -0.957. The van der Waals surface area contributed by atoms with Gasteiger partial charge in [0.2, 0.25) is 0 Å². The van der Waals surface area contributed by atoms with Crippen LogP contribution in [0.15, 0.2) is 54.6 Å². The average molecular weight is 644 g/mol. The lowest BCUT2D eigenvalue weighted by Gasteiger charge is -2.35. The molecule has 2 heterocycles. The number of carbonyl (C=O) groups excluding carboxylic acids is 3. The molecule has 1 aliphatic rings. The Hall–Kier alpha value is -4.02. The van der Waals surface area contributed by atoms with Crippen LogP contribution in [-0.4, -0.2) is 68.5 Å². The zero-order chi connectivity index (χ0) is 32.0. The summed E-state index contributed by atoms with van der Waals surface area (Å²) in [6.07, 6.45) is 0.277. The number of nitrogens with one attached hydrogen (secondary N) is 1. The predicted octanol–water partition coefficient (Wildman–Crippen LogP) is 5.72. The van der Waals surface area contributed by atoms with E-state index in [2.05, 4.69) is 10.2 Å². The molecule has 10 nitrogen and oxygen atoms in total. The number of nitrogens with zero attached hydrogens (tertiary/aromatic N) is 3. The van der Waals surface area contributed by atoms with Gasteiger partial charge in [-0.3, -0.25) is 9.69 Å². The van der Waals surface area contributed by atoms with Crippen LogP contribution in [0.2, 0.25) is 10.0 Å². The molecular formula is C32H36Cl2N4O6. The van der Waals surface area contributed by atoms with E-state index < -0.39 is 29.6 Å². The Morgan fingerprint density at radius 2 is 1.68 bits per heavy atom. The van der Waals surface area contributed by atoms with Crippen molar-refractivity contribution in [3.05, 3.63) is 81.5 Å². The van der Waals surface area contributed by atoms with Crippen molar-refractivity contribution in [2.45, 2.75) is 45.3 Å². The summed E-state index contributed by atoms with van der Waals surface area (Å²) in [5.74, 6) is 0.0191. The fourth-order valence-electron chi connectivity index (χ4n) is 4.60. The van der Waals surface area contributed by atoms with E-state index in [0.29, 0.717) is 37.7 Å². The summed E-state index contributed by atoms with van der Waals surface area (Å²) in [6, 6.07) is 14.9. The second kappa shape index (κ2) is 14.2. The van der Waals surface area contributed by atoms with Crippen molar-refractivity contribution in [1.29, 1.82) is 0 Å². The van der Waals surface area contributed by atoms with E-state index in [1.165, 1.54) is 7.11 Å². The third-order valence-electron chi connectivity index (χ3n) is 6.82. The van der Waals surface area contributed by atoms with E-state index in [-0.39, 0.29) is 22.0 Å². The van der Waals surface area contributed by atoms with Crippen molar-refractivity contribution < 1.29 is 28.6 Å². The molecule has 12 heteroatoms. The fraction of sp³-hybridized carbons (Fsp3) is 0.375. The number of likely N-dealkylation sites (N-methyl/N-ethyl adjacent to an activating group) is 1. The number of halogens is 2. The Labute approximate surface area is 267 Å². The number of hydrogen-bond acceptors (Lipinski definition) is 8. The molecule has 0 saturated carbocycles. The largest absolute Gasteiger partial charge is 0.493 e. The Balaban J connectivity index is 1.37. The van der Waals surface area contributed by atoms with Gasteiger partial charge in [0.1, 0.15) is 17.4 Å². The van der Waals surface area contributed by atoms with Gasteiger partial charge in [-0.05, 0) is 62.7 Å². The molecule has 0 radical (unpaired) electrons. The number of amides is 2. The van der Waals surface area contributed by atoms with Gasteiger partial charge in [-0.15, -0.1) is 0 Å². The van der Waals surface area contributed by atoms with Gasteiger partial charge in [0, 0.05) is 38.7 Å². The maximum atomic E-state index is 12.9. The molecule has 1 atom stereocenters. The van der Waals surface area contributed by atoms with E-state index in [1.54, 1.807) is 35.2 Å². The van der Waals surface area contributed by atoms with Crippen LogP contribution in [0.25, 0.3) is 0 Å². The zero-order valence-corrected chi connectivity index (χ0v) is 26.9. The smallest absolute Gasteiger partial charge is 0.416 e. The number of ether oxygens (including phenoxy) is 3. The maximum Gasteiger partial charge on any atom is 0.416 e. The van der Waals surface area contributed by atoms with Gasteiger partial charge in [-0.2, -0.15) is 0 Å². The number of benzene rings is 2. The van der Waals surface area contributed by atoms with Crippen molar-refractivity contribution in [2.24, 2.45) is 0 Å². The molecule has 1 aliphatic heterocycles. The Morgan fingerprint density at radius 1 is 1.00 bits per heavy atom. The van der Waals surface area contributed by atoms with E-state index in [1.807, 2.05) is 52.1 Å². The molecule has 1 unspecified atom stereocenters. The highest BCUT2D eigenvalue weighted by Gasteiger charge is 2.30. The van der Waals surface area contributed by atoms with Crippen LogP contribution >= 0.6 is 23.2 Å². The van der Waals surface area contributed by atoms with E-state index in [9.17, 15) is 14.4 Å². The number of carbonyl (C=O) groups is 3. The van der Waals surface area contributed by atoms with E-state index in [4.69, 9.17) is 42.4 Å². The number of fused-ring (bicyclic) bond motifs is 1. The Kier molecular flexibility index (Phi) is 10.6. The zero-order valence-electron chi connectivity index (χ0n) is 25.4. The standard InChI is InChI=1S/C32H36Cl2N4O6/c1-32(2,3)44-31(41)38-17-16-37(4)26-14-11-21(35-28(26)38)15-18-43-22-12-9-20(10-13-22)19-25(30(40)42-5)36-29(39)27-23(33)7-6-8-24(27)34/h6-14,25H,15-19H2,1-5H3,(H,36,39). The molecule has 1 aromatic heterocycles. The maximum absolute atomic E-state index is 12.9. The van der Waals surface area contributed by atoms with Crippen LogP contribution in [0.4, 0.5) is 16.3 Å². The highest BCUT2D eigenvalue weighted by Crippen LogP contribution is 2.32. The van der Waals surface area contributed by atoms with E-state index >= 15 is 0 Å². The normalized spacial score (nSPS) is 13.5. The second-order valence-electron chi connectivity index (χ2n) is 11.3. The van der Waals surface area contributed by atoms with Crippen molar-refractivity contribution >= 4 is 52.7 Å². The lowest BCUT2D eigenvalue weighted by molar-refractivity contribution is -0.142. The first-order valence-electron chi connectivity index (χ1n) is 14.1. The summed E-state index contributed by atoms with van der Waals surface area (Å²) in [4.78, 5) is 46.6. The van der Waals surface area contributed by atoms with Crippen LogP contribution in [0.3, 0.4) is 0 Å². The summed E-state index contributed by atoms with van der Waals surface area (Å²) in [6.45, 7) is 7.02. The van der Waals surface area contributed by atoms with Crippen molar-refractivity contribution in [2.75, 3.05) is 43.7 Å². The van der Waals surface area contributed by atoms with Gasteiger partial charge in [0.25, 0.3) is 5.91 Å². The quantitative estimate of drug-likeness (QED) is 0.295. The lowest BCUT2D eigenvalue weighted by atomic mass is 10.0. The van der Waals surface area contributed by atoms with Gasteiger partial charge in [0.15, 0.2) is 5.82 Å². The van der Waals surface area contributed by atoms with Crippen LogP contribution in [-0.2, 0) is 27.1 Å². The van der Waals surface area contributed by atoms with Gasteiger partial charge < -0.3 is 24.4 Å². The number of anilines is 2. The summed E-state index contributed by atoms with van der Waals surface area (Å²) in [5, 5.41) is 3.03. The second-order valence-corrected chi connectivity index (χ2v) is 12.1. The van der Waals surface area contributed by atoms with Crippen LogP contribution in [0.1, 0.15) is 42.4 Å². The summed E-state index contributed by atoms with van der Waals surface area (Å²) < 4.78 is 16.4. The molecule has 0 bridgehead atoms. The van der Waals surface area contributed by atoms with Crippen LogP contribution < -0.4 is 19.9 Å². The molecule has 0 aliphatic carbocycles. The molecule has 1 N–H and O–H groups in total. The number of hydrogen-bond donors (Lipinski definition) is 1. The fourth-order valence-corrected chi connectivity index (χ4v) is 5.17. The topological polar surface area (TPSA) is 110 Å². The predicted molar refractivity (Wildman–Crippen MR) is 170 cm³/mol. The summed E-state index contributed by atoms with van der Waals surface area (Å²) in [5.41, 5.74) is 1.89. The highest BCUT2D eigenvalue weighted by atomic mass is 35.5. The summed E-state index contributed by atoms with van der Waals surface area (Å²) >= 11 is 12.3. The number of rotatable bonds is 9.